The summed E-state index contributed by atoms with van der Waals surface area (Å²) in [5, 5.41) is 7.40. The second-order valence-electron chi connectivity index (χ2n) is 6.51. The number of nitrogens with zero attached hydrogens (tertiary/aromatic N) is 3. The molecule has 6 heteroatoms. The summed E-state index contributed by atoms with van der Waals surface area (Å²) in [6.45, 7) is 4.24. The Kier molecular flexibility index (Phi) is 4.98. The average molecular weight is 318 g/mol. The van der Waals surface area contributed by atoms with Gasteiger partial charge < -0.3 is 10.2 Å². The van der Waals surface area contributed by atoms with Crippen LogP contribution in [0.4, 0.5) is 0 Å². The van der Waals surface area contributed by atoms with Gasteiger partial charge in [-0.15, -0.1) is 0 Å². The molecule has 0 aromatic carbocycles. The molecule has 6 nitrogen and oxygen atoms in total. The zero-order chi connectivity index (χ0) is 16.2. The van der Waals surface area contributed by atoms with Gasteiger partial charge in [0.05, 0.1) is 5.92 Å². The third kappa shape index (κ3) is 3.41. The summed E-state index contributed by atoms with van der Waals surface area (Å²) in [6.07, 6.45) is 7.64. The minimum absolute atomic E-state index is 0.0207. The summed E-state index contributed by atoms with van der Waals surface area (Å²) in [7, 11) is 0. The molecule has 1 aliphatic carbocycles. The van der Waals surface area contributed by atoms with Crippen molar-refractivity contribution in [2.75, 3.05) is 13.1 Å². The lowest BCUT2D eigenvalue weighted by molar-refractivity contribution is -0.126. The van der Waals surface area contributed by atoms with Crippen molar-refractivity contribution in [3.8, 4) is 0 Å². The Balaban J connectivity index is 1.83. The number of fused-ring (bicyclic) bond motifs is 1. The van der Waals surface area contributed by atoms with Gasteiger partial charge in [-0.2, -0.15) is 5.10 Å². The standard InChI is InChI=1S/C17H26N4O2/c1-2-20-12-9-14(19-20)17(23)21-11-5-3-4-10-18-16(22)13-7-6-8-15(13)21/h9,12-13,15H,2-8,10-11H2,1H3,(H,18,22)/t13-,15+/m1/s1. The van der Waals surface area contributed by atoms with E-state index in [0.29, 0.717) is 5.69 Å². The van der Waals surface area contributed by atoms with Crippen LogP contribution in [0, 0.1) is 5.92 Å². The van der Waals surface area contributed by atoms with Crippen LogP contribution in [-0.4, -0.2) is 45.6 Å². The fraction of sp³-hybridized carbons (Fsp3) is 0.706. The molecule has 23 heavy (non-hydrogen) atoms. The highest BCUT2D eigenvalue weighted by Crippen LogP contribution is 2.31. The number of amides is 2. The van der Waals surface area contributed by atoms with Gasteiger partial charge in [-0.3, -0.25) is 14.3 Å². The number of carbonyl (C=O) groups excluding carboxylic acids is 2. The molecule has 1 aliphatic heterocycles. The molecule has 2 fully saturated rings. The molecule has 1 saturated carbocycles. The first-order valence-corrected chi connectivity index (χ1v) is 8.83. The number of hydrogen-bond acceptors (Lipinski definition) is 3. The fourth-order valence-corrected chi connectivity index (χ4v) is 3.76. The molecule has 3 rings (SSSR count). The maximum atomic E-state index is 13.0. The van der Waals surface area contributed by atoms with Crippen molar-refractivity contribution in [1.82, 2.24) is 20.0 Å². The van der Waals surface area contributed by atoms with Gasteiger partial charge in [0.25, 0.3) is 5.91 Å². The lowest BCUT2D eigenvalue weighted by atomic mass is 9.99. The summed E-state index contributed by atoms with van der Waals surface area (Å²) in [5.41, 5.74) is 0.495. The second-order valence-corrected chi connectivity index (χ2v) is 6.51. The molecular weight excluding hydrogens is 292 g/mol. The summed E-state index contributed by atoms with van der Waals surface area (Å²) in [5.74, 6) is 0.0269. The van der Waals surface area contributed by atoms with Gasteiger partial charge in [0, 0.05) is 31.9 Å². The number of rotatable bonds is 2. The van der Waals surface area contributed by atoms with Crippen LogP contribution in [0.2, 0.25) is 0 Å². The summed E-state index contributed by atoms with van der Waals surface area (Å²) in [6, 6.07) is 1.81. The van der Waals surface area contributed by atoms with Crippen molar-refractivity contribution in [2.45, 2.75) is 58.0 Å². The van der Waals surface area contributed by atoms with Crippen LogP contribution in [0.5, 0.6) is 0 Å². The molecule has 2 heterocycles. The quantitative estimate of drug-likeness (QED) is 0.904. The minimum Gasteiger partial charge on any atom is -0.356 e. The van der Waals surface area contributed by atoms with Gasteiger partial charge in [0.2, 0.25) is 5.91 Å². The molecule has 0 unspecified atom stereocenters. The highest BCUT2D eigenvalue weighted by atomic mass is 16.2. The van der Waals surface area contributed by atoms with Crippen LogP contribution in [0.25, 0.3) is 0 Å². The van der Waals surface area contributed by atoms with Crippen molar-refractivity contribution in [2.24, 2.45) is 5.92 Å². The van der Waals surface area contributed by atoms with Crippen LogP contribution in [0.1, 0.15) is 55.9 Å². The van der Waals surface area contributed by atoms with Gasteiger partial charge >= 0.3 is 0 Å². The Labute approximate surface area is 137 Å². The molecule has 2 amide bonds. The predicted octanol–water partition coefficient (Wildman–Crippen LogP) is 1.81. The van der Waals surface area contributed by atoms with E-state index in [1.807, 2.05) is 18.0 Å². The summed E-state index contributed by atoms with van der Waals surface area (Å²) >= 11 is 0. The zero-order valence-electron chi connectivity index (χ0n) is 13.8. The van der Waals surface area contributed by atoms with Crippen LogP contribution in [0.15, 0.2) is 12.3 Å². The normalized spacial score (nSPS) is 25.8. The zero-order valence-corrected chi connectivity index (χ0v) is 13.8. The third-order valence-corrected chi connectivity index (χ3v) is 5.04. The Bertz CT molecular complexity index is 569. The van der Waals surface area contributed by atoms with Crippen LogP contribution < -0.4 is 5.32 Å². The monoisotopic (exact) mass is 318 g/mol. The van der Waals surface area contributed by atoms with E-state index in [9.17, 15) is 9.59 Å². The Morgan fingerprint density at radius 1 is 1.30 bits per heavy atom. The first-order valence-electron chi connectivity index (χ1n) is 8.83. The van der Waals surface area contributed by atoms with Crippen molar-refractivity contribution in [3.63, 3.8) is 0 Å². The maximum absolute atomic E-state index is 13.0. The van der Waals surface area contributed by atoms with Gasteiger partial charge in [0.1, 0.15) is 5.69 Å². The first kappa shape index (κ1) is 16.0. The average Bonchev–Trinajstić information content (AvgIpc) is 3.22. The molecule has 1 aromatic rings. The largest absolute Gasteiger partial charge is 0.356 e. The molecule has 0 spiro atoms. The topological polar surface area (TPSA) is 67.2 Å². The molecule has 2 atom stereocenters. The van der Waals surface area contributed by atoms with Gasteiger partial charge in [0.15, 0.2) is 0 Å². The van der Waals surface area contributed by atoms with E-state index in [4.69, 9.17) is 0 Å². The van der Waals surface area contributed by atoms with E-state index in [0.717, 1.165) is 58.2 Å². The molecular formula is C17H26N4O2. The van der Waals surface area contributed by atoms with Crippen molar-refractivity contribution >= 4 is 11.8 Å². The summed E-state index contributed by atoms with van der Waals surface area (Å²) < 4.78 is 1.77. The van der Waals surface area contributed by atoms with E-state index in [2.05, 4.69) is 10.4 Å². The molecule has 2 aliphatic rings. The first-order chi connectivity index (χ1) is 11.2. The van der Waals surface area contributed by atoms with Crippen LogP contribution in [0.3, 0.4) is 0 Å². The van der Waals surface area contributed by atoms with Crippen LogP contribution >= 0.6 is 0 Å². The molecule has 1 aromatic heterocycles. The van der Waals surface area contributed by atoms with Gasteiger partial charge in [-0.05, 0) is 45.1 Å². The van der Waals surface area contributed by atoms with E-state index in [1.54, 1.807) is 10.7 Å². The van der Waals surface area contributed by atoms with Gasteiger partial charge in [-0.1, -0.05) is 6.42 Å². The smallest absolute Gasteiger partial charge is 0.274 e. The lowest BCUT2D eigenvalue weighted by Gasteiger charge is -2.33. The second kappa shape index (κ2) is 7.15. The molecule has 126 valence electrons. The van der Waals surface area contributed by atoms with Crippen molar-refractivity contribution < 1.29 is 9.59 Å². The predicted molar refractivity (Wildman–Crippen MR) is 86.9 cm³/mol. The highest BCUT2D eigenvalue weighted by Gasteiger charge is 2.39. The van der Waals surface area contributed by atoms with Gasteiger partial charge in [-0.25, -0.2) is 0 Å². The van der Waals surface area contributed by atoms with E-state index >= 15 is 0 Å². The lowest BCUT2D eigenvalue weighted by Crippen LogP contribution is -2.48. The van der Waals surface area contributed by atoms with E-state index < -0.39 is 0 Å². The van der Waals surface area contributed by atoms with Crippen molar-refractivity contribution in [1.29, 1.82) is 0 Å². The number of hydrogen-bond donors (Lipinski definition) is 1. The minimum atomic E-state index is -0.0645. The maximum Gasteiger partial charge on any atom is 0.274 e. The molecule has 0 radical (unpaired) electrons. The number of aryl methyl sites for hydroxylation is 1. The van der Waals surface area contributed by atoms with Crippen molar-refractivity contribution in [3.05, 3.63) is 18.0 Å². The number of carbonyl (C=O) groups is 2. The summed E-state index contributed by atoms with van der Waals surface area (Å²) in [4.78, 5) is 27.3. The molecule has 1 N–H and O–H groups in total. The SMILES string of the molecule is CCn1ccc(C(=O)N2CCCCCNC(=O)[C@@H]3CCC[C@@H]32)n1. The van der Waals surface area contributed by atoms with E-state index in [-0.39, 0.29) is 23.8 Å². The Morgan fingerprint density at radius 2 is 2.17 bits per heavy atom. The van der Waals surface area contributed by atoms with Crippen LogP contribution in [-0.2, 0) is 11.3 Å². The fourth-order valence-electron chi connectivity index (χ4n) is 3.76. The number of aromatic nitrogens is 2. The molecule has 1 saturated heterocycles. The Morgan fingerprint density at radius 3 is 2.96 bits per heavy atom. The Hall–Kier alpha value is -1.85. The highest BCUT2D eigenvalue weighted by molar-refractivity contribution is 5.93. The third-order valence-electron chi connectivity index (χ3n) is 5.04. The number of nitrogens with one attached hydrogen (secondary N) is 1. The molecule has 0 bridgehead atoms. The van der Waals surface area contributed by atoms with E-state index in [1.165, 1.54) is 0 Å².